The van der Waals surface area contributed by atoms with Gasteiger partial charge in [0.2, 0.25) is 0 Å². The summed E-state index contributed by atoms with van der Waals surface area (Å²) in [4.78, 5) is 10.5. The molecule has 0 aliphatic heterocycles. The minimum absolute atomic E-state index is 0.157. The predicted octanol–water partition coefficient (Wildman–Crippen LogP) is 2.45. The topological polar surface area (TPSA) is 37.3 Å². The highest BCUT2D eigenvalue weighted by atomic mass is 16.4. The van der Waals surface area contributed by atoms with E-state index in [1.165, 1.54) is 0 Å². The Hall–Kier alpha value is -0.790. The molecule has 1 N–H and O–H groups in total. The minimum Gasteiger partial charge on any atom is -0.481 e. The molecule has 0 saturated heterocycles. The van der Waals surface area contributed by atoms with Crippen molar-refractivity contribution in [2.24, 2.45) is 5.92 Å². The first-order valence-corrected chi connectivity index (χ1v) is 4.06. The summed E-state index contributed by atoms with van der Waals surface area (Å²) in [5.41, 5.74) is 0. The SMILES string of the molecule is C=CCCCC(CC)C(=O)O. The molecule has 0 amide bonds. The van der Waals surface area contributed by atoms with Crippen LogP contribution in [0, 0.1) is 5.92 Å². The lowest BCUT2D eigenvalue weighted by atomic mass is 10.00. The third-order valence-corrected chi connectivity index (χ3v) is 1.80. The first-order chi connectivity index (χ1) is 5.22. The van der Waals surface area contributed by atoms with Crippen LogP contribution in [0.1, 0.15) is 32.6 Å². The van der Waals surface area contributed by atoms with Crippen molar-refractivity contribution in [3.8, 4) is 0 Å². The Labute approximate surface area is 67.9 Å². The summed E-state index contributed by atoms with van der Waals surface area (Å²) in [7, 11) is 0. The smallest absolute Gasteiger partial charge is 0.306 e. The number of aliphatic carboxylic acids is 1. The van der Waals surface area contributed by atoms with Gasteiger partial charge in [0.15, 0.2) is 0 Å². The maximum Gasteiger partial charge on any atom is 0.306 e. The van der Waals surface area contributed by atoms with E-state index in [-0.39, 0.29) is 5.92 Å². The largest absolute Gasteiger partial charge is 0.481 e. The zero-order valence-electron chi connectivity index (χ0n) is 7.05. The number of carboxylic acids is 1. The second-order valence-corrected chi connectivity index (χ2v) is 2.66. The van der Waals surface area contributed by atoms with Gasteiger partial charge in [-0.15, -0.1) is 6.58 Å². The monoisotopic (exact) mass is 156 g/mol. The average molecular weight is 156 g/mol. The maximum atomic E-state index is 10.5. The zero-order valence-corrected chi connectivity index (χ0v) is 7.05. The van der Waals surface area contributed by atoms with Gasteiger partial charge in [-0.1, -0.05) is 13.0 Å². The number of carbonyl (C=O) groups is 1. The molecule has 64 valence electrons. The second-order valence-electron chi connectivity index (χ2n) is 2.66. The molecule has 0 aromatic rings. The van der Waals surface area contributed by atoms with Crippen molar-refractivity contribution in [2.75, 3.05) is 0 Å². The minimum atomic E-state index is -0.670. The molecule has 2 nitrogen and oxygen atoms in total. The van der Waals surface area contributed by atoms with Gasteiger partial charge in [0, 0.05) is 0 Å². The number of unbranched alkanes of at least 4 members (excludes halogenated alkanes) is 1. The highest BCUT2D eigenvalue weighted by Crippen LogP contribution is 2.12. The Bertz CT molecular complexity index is 130. The van der Waals surface area contributed by atoms with Gasteiger partial charge in [0.1, 0.15) is 0 Å². The highest BCUT2D eigenvalue weighted by Gasteiger charge is 2.12. The van der Waals surface area contributed by atoms with E-state index in [0.29, 0.717) is 0 Å². The summed E-state index contributed by atoms with van der Waals surface area (Å²) in [6, 6.07) is 0. The van der Waals surface area contributed by atoms with Crippen LogP contribution in [0.15, 0.2) is 12.7 Å². The summed E-state index contributed by atoms with van der Waals surface area (Å²) in [5, 5.41) is 8.65. The number of rotatable bonds is 6. The lowest BCUT2D eigenvalue weighted by molar-refractivity contribution is -0.142. The van der Waals surface area contributed by atoms with Crippen molar-refractivity contribution in [3.63, 3.8) is 0 Å². The van der Waals surface area contributed by atoms with Gasteiger partial charge >= 0.3 is 5.97 Å². The molecule has 0 aromatic carbocycles. The molecular formula is C9H16O2. The molecule has 1 atom stereocenters. The van der Waals surface area contributed by atoms with Crippen LogP contribution >= 0.6 is 0 Å². The van der Waals surface area contributed by atoms with E-state index in [9.17, 15) is 4.79 Å². The van der Waals surface area contributed by atoms with E-state index >= 15 is 0 Å². The van der Waals surface area contributed by atoms with Gasteiger partial charge in [-0.3, -0.25) is 4.79 Å². The van der Waals surface area contributed by atoms with Gasteiger partial charge < -0.3 is 5.11 Å². The van der Waals surface area contributed by atoms with Crippen LogP contribution < -0.4 is 0 Å². The maximum absolute atomic E-state index is 10.5. The molecule has 0 heterocycles. The molecule has 0 aliphatic rings. The average Bonchev–Trinajstić information content (AvgIpc) is 1.97. The van der Waals surface area contributed by atoms with E-state index in [1.807, 2.05) is 13.0 Å². The van der Waals surface area contributed by atoms with Crippen LogP contribution in [0.3, 0.4) is 0 Å². The lowest BCUT2D eigenvalue weighted by Crippen LogP contribution is -2.11. The molecule has 0 bridgehead atoms. The van der Waals surface area contributed by atoms with Gasteiger partial charge in [-0.25, -0.2) is 0 Å². The molecule has 0 aliphatic carbocycles. The van der Waals surface area contributed by atoms with Crippen molar-refractivity contribution in [1.29, 1.82) is 0 Å². The normalized spacial score (nSPS) is 12.5. The third-order valence-electron chi connectivity index (χ3n) is 1.80. The lowest BCUT2D eigenvalue weighted by Gasteiger charge is -2.07. The Kier molecular flexibility index (Phi) is 5.53. The zero-order chi connectivity index (χ0) is 8.69. The predicted molar refractivity (Wildman–Crippen MR) is 45.5 cm³/mol. The van der Waals surface area contributed by atoms with Crippen molar-refractivity contribution < 1.29 is 9.90 Å². The molecule has 0 radical (unpaired) electrons. The fourth-order valence-corrected chi connectivity index (χ4v) is 1.01. The van der Waals surface area contributed by atoms with Crippen LogP contribution in [0.25, 0.3) is 0 Å². The molecule has 0 aromatic heterocycles. The highest BCUT2D eigenvalue weighted by molar-refractivity contribution is 5.69. The summed E-state index contributed by atoms with van der Waals surface area (Å²) < 4.78 is 0. The Balaban J connectivity index is 3.52. The van der Waals surface area contributed by atoms with Crippen LogP contribution in [0.4, 0.5) is 0 Å². The summed E-state index contributed by atoms with van der Waals surface area (Å²) in [5.74, 6) is -0.827. The van der Waals surface area contributed by atoms with Crippen LogP contribution in [-0.2, 0) is 4.79 Å². The quantitative estimate of drug-likeness (QED) is 0.473. The van der Waals surface area contributed by atoms with Crippen LogP contribution in [-0.4, -0.2) is 11.1 Å². The van der Waals surface area contributed by atoms with Crippen molar-refractivity contribution >= 4 is 5.97 Å². The van der Waals surface area contributed by atoms with Crippen molar-refractivity contribution in [3.05, 3.63) is 12.7 Å². The van der Waals surface area contributed by atoms with Gasteiger partial charge in [0.25, 0.3) is 0 Å². The molecule has 2 heteroatoms. The van der Waals surface area contributed by atoms with E-state index in [0.717, 1.165) is 25.7 Å². The Morgan fingerprint density at radius 3 is 2.73 bits per heavy atom. The fourth-order valence-electron chi connectivity index (χ4n) is 1.01. The van der Waals surface area contributed by atoms with Gasteiger partial charge in [-0.05, 0) is 25.7 Å². The molecule has 0 saturated carbocycles. The first-order valence-electron chi connectivity index (χ1n) is 4.06. The standard InChI is InChI=1S/C9H16O2/c1-3-5-6-7-8(4-2)9(10)11/h3,8H,1,4-7H2,2H3,(H,10,11). The van der Waals surface area contributed by atoms with Crippen molar-refractivity contribution in [2.45, 2.75) is 32.6 Å². The number of hydrogen-bond donors (Lipinski definition) is 1. The molecule has 0 rings (SSSR count). The Morgan fingerprint density at radius 2 is 2.36 bits per heavy atom. The van der Waals surface area contributed by atoms with Gasteiger partial charge in [-0.2, -0.15) is 0 Å². The molecule has 0 spiro atoms. The number of allylic oxidation sites excluding steroid dienone is 1. The molecular weight excluding hydrogens is 140 g/mol. The molecule has 0 fully saturated rings. The number of hydrogen-bond acceptors (Lipinski definition) is 1. The molecule has 1 unspecified atom stereocenters. The van der Waals surface area contributed by atoms with E-state index in [1.54, 1.807) is 0 Å². The second kappa shape index (κ2) is 5.96. The van der Waals surface area contributed by atoms with E-state index < -0.39 is 5.97 Å². The first kappa shape index (κ1) is 10.2. The molecule has 11 heavy (non-hydrogen) atoms. The van der Waals surface area contributed by atoms with Crippen LogP contribution in [0.2, 0.25) is 0 Å². The van der Waals surface area contributed by atoms with Crippen LogP contribution in [0.5, 0.6) is 0 Å². The van der Waals surface area contributed by atoms with E-state index in [2.05, 4.69) is 6.58 Å². The van der Waals surface area contributed by atoms with Crippen molar-refractivity contribution in [1.82, 2.24) is 0 Å². The van der Waals surface area contributed by atoms with E-state index in [4.69, 9.17) is 5.11 Å². The third kappa shape index (κ3) is 4.59. The summed E-state index contributed by atoms with van der Waals surface area (Å²) in [6.07, 6.45) is 5.19. The summed E-state index contributed by atoms with van der Waals surface area (Å²) in [6.45, 7) is 5.49. The summed E-state index contributed by atoms with van der Waals surface area (Å²) >= 11 is 0. The number of carboxylic acid groups (broad SMARTS) is 1. The van der Waals surface area contributed by atoms with Gasteiger partial charge in [0.05, 0.1) is 5.92 Å². The Morgan fingerprint density at radius 1 is 1.73 bits per heavy atom. The fraction of sp³-hybridized carbons (Fsp3) is 0.667.